The molecule has 2 heteroatoms. The number of nitrogens with one attached hydrogen (secondary N) is 1. The first kappa shape index (κ1) is 11.8. The topological polar surface area (TPSA) is 21.3 Å². The van der Waals surface area contributed by atoms with Crippen LogP contribution in [-0.4, -0.2) is 20.7 Å². The Hall–Kier alpha value is -1.28. The molecule has 1 aromatic carbocycles. The third kappa shape index (κ3) is 3.10. The molecule has 1 N–H and O–H groups in total. The Balaban J connectivity index is 2.98. The lowest BCUT2D eigenvalue weighted by molar-refractivity contribution is 0.414. The van der Waals surface area contributed by atoms with Crippen LogP contribution in [0.1, 0.15) is 16.7 Å². The number of rotatable bonds is 4. The van der Waals surface area contributed by atoms with Gasteiger partial charge in [0.1, 0.15) is 5.75 Å². The first-order valence-corrected chi connectivity index (χ1v) is 5.15. The van der Waals surface area contributed by atoms with E-state index in [4.69, 9.17) is 4.74 Å². The molecule has 0 aromatic heterocycles. The number of hydrogen-bond donors (Lipinski definition) is 1. The zero-order chi connectivity index (χ0) is 11.3. The van der Waals surface area contributed by atoms with Crippen LogP contribution in [0.4, 0.5) is 0 Å². The molecular formula is C13H19NO. The van der Waals surface area contributed by atoms with Crippen molar-refractivity contribution >= 4 is 6.08 Å². The van der Waals surface area contributed by atoms with Crippen molar-refractivity contribution in [3.05, 3.63) is 34.9 Å². The van der Waals surface area contributed by atoms with Crippen molar-refractivity contribution in [3.63, 3.8) is 0 Å². The standard InChI is InChI=1S/C13H19NO/c1-10-8-12(15-4)9-11(2)13(10)6-5-7-14-3/h5-6,8-9,14H,7H2,1-4H3. The maximum Gasteiger partial charge on any atom is 0.119 e. The van der Waals surface area contributed by atoms with Crippen molar-refractivity contribution in [2.75, 3.05) is 20.7 Å². The number of benzene rings is 1. The SMILES string of the molecule is CNCC=Cc1c(C)cc(OC)cc1C. The van der Waals surface area contributed by atoms with Crippen LogP contribution < -0.4 is 10.1 Å². The average molecular weight is 205 g/mol. The fourth-order valence-electron chi connectivity index (χ4n) is 1.61. The maximum absolute atomic E-state index is 5.22. The molecule has 0 spiro atoms. The van der Waals surface area contributed by atoms with Gasteiger partial charge in [-0.25, -0.2) is 0 Å². The zero-order valence-corrected chi connectivity index (χ0v) is 9.92. The van der Waals surface area contributed by atoms with Gasteiger partial charge in [-0.1, -0.05) is 12.2 Å². The molecule has 0 heterocycles. The molecule has 0 aliphatic carbocycles. The third-order valence-electron chi connectivity index (χ3n) is 2.41. The summed E-state index contributed by atoms with van der Waals surface area (Å²) in [5.74, 6) is 0.927. The van der Waals surface area contributed by atoms with Crippen LogP contribution in [0.25, 0.3) is 6.08 Å². The Kier molecular flexibility index (Phi) is 4.37. The minimum Gasteiger partial charge on any atom is -0.497 e. The second-order valence-electron chi connectivity index (χ2n) is 3.63. The van der Waals surface area contributed by atoms with Gasteiger partial charge in [-0.2, -0.15) is 0 Å². The second kappa shape index (κ2) is 5.56. The van der Waals surface area contributed by atoms with Gasteiger partial charge in [0, 0.05) is 6.54 Å². The Labute approximate surface area is 92.0 Å². The van der Waals surface area contributed by atoms with Gasteiger partial charge >= 0.3 is 0 Å². The molecule has 15 heavy (non-hydrogen) atoms. The van der Waals surface area contributed by atoms with Crippen LogP contribution in [0.5, 0.6) is 5.75 Å². The molecule has 0 bridgehead atoms. The summed E-state index contributed by atoms with van der Waals surface area (Å²) >= 11 is 0. The van der Waals surface area contributed by atoms with Gasteiger partial charge < -0.3 is 10.1 Å². The van der Waals surface area contributed by atoms with Crippen LogP contribution in [0, 0.1) is 13.8 Å². The van der Waals surface area contributed by atoms with Crippen molar-refractivity contribution in [2.45, 2.75) is 13.8 Å². The molecule has 0 amide bonds. The van der Waals surface area contributed by atoms with Gasteiger partial charge in [-0.05, 0) is 49.7 Å². The lowest BCUT2D eigenvalue weighted by atomic mass is 10.0. The van der Waals surface area contributed by atoms with Crippen molar-refractivity contribution in [2.24, 2.45) is 0 Å². The molecule has 0 radical (unpaired) electrons. The van der Waals surface area contributed by atoms with Crippen molar-refractivity contribution in [1.82, 2.24) is 5.32 Å². The van der Waals surface area contributed by atoms with E-state index in [0.717, 1.165) is 12.3 Å². The Morgan fingerprint density at radius 1 is 1.27 bits per heavy atom. The summed E-state index contributed by atoms with van der Waals surface area (Å²) in [7, 11) is 3.64. The normalized spacial score (nSPS) is 10.9. The largest absolute Gasteiger partial charge is 0.497 e. The van der Waals surface area contributed by atoms with Gasteiger partial charge in [-0.15, -0.1) is 0 Å². The monoisotopic (exact) mass is 205 g/mol. The van der Waals surface area contributed by atoms with E-state index in [1.807, 2.05) is 7.05 Å². The average Bonchev–Trinajstić information content (AvgIpc) is 2.22. The maximum atomic E-state index is 5.22. The summed E-state index contributed by atoms with van der Waals surface area (Å²) in [4.78, 5) is 0. The number of likely N-dealkylation sites (N-methyl/N-ethyl adjacent to an activating group) is 1. The number of methoxy groups -OCH3 is 1. The summed E-state index contributed by atoms with van der Waals surface area (Å²) in [6.07, 6.45) is 4.28. The van der Waals surface area contributed by atoms with Crippen LogP contribution in [-0.2, 0) is 0 Å². The highest BCUT2D eigenvalue weighted by atomic mass is 16.5. The Morgan fingerprint density at radius 2 is 1.87 bits per heavy atom. The second-order valence-corrected chi connectivity index (χ2v) is 3.63. The smallest absolute Gasteiger partial charge is 0.119 e. The van der Waals surface area contributed by atoms with Crippen LogP contribution >= 0.6 is 0 Å². The van der Waals surface area contributed by atoms with Crippen molar-refractivity contribution < 1.29 is 4.74 Å². The molecule has 82 valence electrons. The molecule has 0 saturated carbocycles. The number of hydrogen-bond acceptors (Lipinski definition) is 2. The molecule has 0 aliphatic rings. The highest BCUT2D eigenvalue weighted by Crippen LogP contribution is 2.22. The summed E-state index contributed by atoms with van der Waals surface area (Å²) in [6.45, 7) is 5.11. The molecule has 0 atom stereocenters. The fourth-order valence-corrected chi connectivity index (χ4v) is 1.61. The lowest BCUT2D eigenvalue weighted by Gasteiger charge is -2.08. The molecule has 1 rings (SSSR count). The molecule has 1 aromatic rings. The van der Waals surface area contributed by atoms with Gasteiger partial charge in [0.05, 0.1) is 7.11 Å². The Bertz CT molecular complexity index is 333. The van der Waals surface area contributed by atoms with Crippen LogP contribution in [0.15, 0.2) is 18.2 Å². The quantitative estimate of drug-likeness (QED) is 0.815. The van der Waals surface area contributed by atoms with E-state index in [-0.39, 0.29) is 0 Å². The zero-order valence-electron chi connectivity index (χ0n) is 9.92. The number of ether oxygens (including phenoxy) is 1. The van der Waals surface area contributed by atoms with E-state index in [2.05, 4.69) is 43.4 Å². The lowest BCUT2D eigenvalue weighted by Crippen LogP contribution is -2.03. The highest BCUT2D eigenvalue weighted by Gasteiger charge is 2.01. The predicted molar refractivity (Wildman–Crippen MR) is 65.4 cm³/mol. The van der Waals surface area contributed by atoms with Gasteiger partial charge in [0.15, 0.2) is 0 Å². The van der Waals surface area contributed by atoms with Crippen LogP contribution in [0.2, 0.25) is 0 Å². The van der Waals surface area contributed by atoms with E-state index in [9.17, 15) is 0 Å². The van der Waals surface area contributed by atoms with Crippen LogP contribution in [0.3, 0.4) is 0 Å². The summed E-state index contributed by atoms with van der Waals surface area (Å²) in [5.41, 5.74) is 3.78. The molecule has 0 fully saturated rings. The minimum atomic E-state index is 0.894. The van der Waals surface area contributed by atoms with Gasteiger partial charge in [-0.3, -0.25) is 0 Å². The first-order chi connectivity index (χ1) is 7.19. The van der Waals surface area contributed by atoms with E-state index >= 15 is 0 Å². The summed E-state index contributed by atoms with van der Waals surface area (Å²) in [6, 6.07) is 4.12. The third-order valence-corrected chi connectivity index (χ3v) is 2.41. The van der Waals surface area contributed by atoms with E-state index in [0.29, 0.717) is 0 Å². The summed E-state index contributed by atoms with van der Waals surface area (Å²) < 4.78 is 5.22. The Morgan fingerprint density at radius 3 is 2.33 bits per heavy atom. The predicted octanol–water partition coefficient (Wildman–Crippen LogP) is 2.54. The van der Waals surface area contributed by atoms with Gasteiger partial charge in [0.25, 0.3) is 0 Å². The van der Waals surface area contributed by atoms with Crippen molar-refractivity contribution in [3.8, 4) is 5.75 Å². The van der Waals surface area contributed by atoms with Crippen molar-refractivity contribution in [1.29, 1.82) is 0 Å². The highest BCUT2D eigenvalue weighted by molar-refractivity contribution is 5.59. The van der Waals surface area contributed by atoms with E-state index in [1.54, 1.807) is 7.11 Å². The molecule has 0 unspecified atom stereocenters. The van der Waals surface area contributed by atoms with E-state index < -0.39 is 0 Å². The molecule has 2 nitrogen and oxygen atoms in total. The minimum absolute atomic E-state index is 0.894. The van der Waals surface area contributed by atoms with E-state index in [1.165, 1.54) is 16.7 Å². The fraction of sp³-hybridized carbons (Fsp3) is 0.385. The number of aryl methyl sites for hydroxylation is 2. The summed E-state index contributed by atoms with van der Waals surface area (Å²) in [5, 5.41) is 3.09. The molecular weight excluding hydrogens is 186 g/mol. The first-order valence-electron chi connectivity index (χ1n) is 5.15. The van der Waals surface area contributed by atoms with Gasteiger partial charge in [0.2, 0.25) is 0 Å². The molecule has 0 aliphatic heterocycles. The molecule has 0 saturated heterocycles.